The van der Waals surface area contributed by atoms with Crippen LogP contribution in [-0.2, 0) is 28.3 Å². The molecule has 1 N–H and O–H groups in total. The number of thiocarbonyl (C=S) groups is 1. The number of alkyl halides is 6. The summed E-state index contributed by atoms with van der Waals surface area (Å²) in [5.74, 6) is -0.546. The van der Waals surface area contributed by atoms with Gasteiger partial charge in [0, 0.05) is 26.2 Å². The van der Waals surface area contributed by atoms with Gasteiger partial charge in [0.15, 0.2) is 0 Å². The van der Waals surface area contributed by atoms with Crippen LogP contribution in [-0.4, -0.2) is 89.0 Å². The number of ether oxygens (including phenoxy) is 3. The predicted molar refractivity (Wildman–Crippen MR) is 178 cm³/mol. The zero-order chi connectivity index (χ0) is 36.1. The first-order chi connectivity index (χ1) is 23.7. The van der Waals surface area contributed by atoms with Crippen molar-refractivity contribution in [2.45, 2.75) is 30.4 Å². The Morgan fingerprint density at radius 2 is 1.54 bits per heavy atom. The molecular formula is C34H32F6N2O6S2. The highest BCUT2D eigenvalue weighted by atomic mass is 32.2. The first-order valence-corrected chi connectivity index (χ1v) is 16.8. The van der Waals surface area contributed by atoms with Crippen molar-refractivity contribution in [1.82, 2.24) is 9.80 Å². The van der Waals surface area contributed by atoms with Crippen molar-refractivity contribution < 1.29 is 55.2 Å². The number of carboxylic acid groups (broad SMARTS) is 1. The molecule has 50 heavy (non-hydrogen) atoms. The molecular weight excluding hydrogens is 711 g/mol. The molecule has 16 heteroatoms. The lowest BCUT2D eigenvalue weighted by molar-refractivity contribution is -0.143. The lowest BCUT2D eigenvalue weighted by Gasteiger charge is -2.26. The van der Waals surface area contributed by atoms with Crippen LogP contribution in [0.15, 0.2) is 60.7 Å². The van der Waals surface area contributed by atoms with Crippen LogP contribution in [0.5, 0.6) is 11.5 Å². The summed E-state index contributed by atoms with van der Waals surface area (Å²) in [5, 5.41) is 8.33. The number of carboxylic acids is 1. The van der Waals surface area contributed by atoms with Gasteiger partial charge in [0.2, 0.25) is 5.91 Å². The highest BCUT2D eigenvalue weighted by Gasteiger charge is 2.38. The molecule has 2 aliphatic rings. The summed E-state index contributed by atoms with van der Waals surface area (Å²) in [6.45, 7) is 3.87. The number of benzene rings is 3. The molecule has 3 aromatic carbocycles. The van der Waals surface area contributed by atoms with Gasteiger partial charge >= 0.3 is 18.3 Å². The van der Waals surface area contributed by atoms with Crippen LogP contribution in [0.2, 0.25) is 0 Å². The normalized spacial score (nSPS) is 17.3. The monoisotopic (exact) mass is 742 g/mol. The molecule has 2 saturated heterocycles. The Bertz CT molecular complexity index is 1660. The molecule has 0 aromatic heterocycles. The average molecular weight is 743 g/mol. The third-order valence-electron chi connectivity index (χ3n) is 8.06. The Morgan fingerprint density at radius 1 is 0.880 bits per heavy atom. The maximum atomic E-state index is 13.6. The van der Waals surface area contributed by atoms with Crippen LogP contribution < -0.4 is 9.47 Å². The second-order valence-corrected chi connectivity index (χ2v) is 13.4. The molecule has 8 nitrogen and oxygen atoms in total. The Morgan fingerprint density at radius 3 is 2.16 bits per heavy atom. The van der Waals surface area contributed by atoms with Crippen molar-refractivity contribution in [3.8, 4) is 22.6 Å². The summed E-state index contributed by atoms with van der Waals surface area (Å²) in [6, 6.07) is 11.7. The smallest absolute Gasteiger partial charge is 0.416 e. The third kappa shape index (κ3) is 9.68. The number of hydrogen-bond donors (Lipinski definition) is 1. The lowest BCUT2D eigenvalue weighted by Crippen LogP contribution is -2.38. The summed E-state index contributed by atoms with van der Waals surface area (Å²) in [7, 11) is 0. The maximum Gasteiger partial charge on any atom is 0.416 e. The minimum absolute atomic E-state index is 0.0540. The van der Waals surface area contributed by atoms with Crippen molar-refractivity contribution in [3.63, 3.8) is 0 Å². The van der Waals surface area contributed by atoms with Crippen molar-refractivity contribution in [3.05, 3.63) is 82.9 Å². The van der Waals surface area contributed by atoms with Gasteiger partial charge in [-0.3, -0.25) is 14.6 Å². The molecule has 0 spiro atoms. The van der Waals surface area contributed by atoms with E-state index < -0.39 is 34.7 Å². The van der Waals surface area contributed by atoms with Crippen LogP contribution in [0.25, 0.3) is 11.1 Å². The van der Waals surface area contributed by atoms with E-state index in [1.807, 2.05) is 0 Å². The van der Waals surface area contributed by atoms with Gasteiger partial charge in [-0.2, -0.15) is 26.3 Å². The zero-order valence-corrected chi connectivity index (χ0v) is 28.0. The largest absolute Gasteiger partial charge is 0.494 e. The number of amides is 1. The molecule has 1 amide bonds. The summed E-state index contributed by atoms with van der Waals surface area (Å²) < 4.78 is 99.2. The molecule has 0 aliphatic carbocycles. The predicted octanol–water partition coefficient (Wildman–Crippen LogP) is 7.04. The summed E-state index contributed by atoms with van der Waals surface area (Å²) in [6.07, 6.45) is -9.56. The van der Waals surface area contributed by atoms with Gasteiger partial charge in [0.25, 0.3) is 0 Å². The number of halogens is 6. The van der Waals surface area contributed by atoms with Gasteiger partial charge in [-0.25, -0.2) is 4.79 Å². The Kier molecular flexibility index (Phi) is 12.0. The maximum absolute atomic E-state index is 13.6. The minimum Gasteiger partial charge on any atom is -0.494 e. The number of rotatable bonds is 13. The fourth-order valence-corrected chi connectivity index (χ4v) is 7.00. The van der Waals surface area contributed by atoms with E-state index in [0.29, 0.717) is 59.7 Å². The van der Waals surface area contributed by atoms with E-state index >= 15 is 0 Å². The SMILES string of the molecule is O=C(O)c1ccc(OCCCN2C(=O)C(Cc3cc(-c4cc(C(F)(F)F)cc(C(F)(F)F)c4)ccc3OCCN3CCOCC3)SC2=S)cc1. The summed E-state index contributed by atoms with van der Waals surface area (Å²) in [5.41, 5.74) is -2.50. The number of hydrogen-bond acceptors (Lipinski definition) is 8. The lowest BCUT2D eigenvalue weighted by atomic mass is 9.96. The number of carbonyl (C=O) groups excluding carboxylic acids is 1. The van der Waals surface area contributed by atoms with E-state index in [0.717, 1.165) is 24.9 Å². The number of thioether (sulfide) groups is 1. The minimum atomic E-state index is -5.01. The average Bonchev–Trinajstić information content (AvgIpc) is 3.34. The Balaban J connectivity index is 1.32. The highest BCUT2D eigenvalue weighted by Crippen LogP contribution is 2.40. The fourth-order valence-electron chi connectivity index (χ4n) is 5.43. The molecule has 2 heterocycles. The van der Waals surface area contributed by atoms with Gasteiger partial charge in [0.05, 0.1) is 41.8 Å². The van der Waals surface area contributed by atoms with E-state index in [1.165, 1.54) is 47.4 Å². The van der Waals surface area contributed by atoms with Crippen molar-refractivity contribution in [2.75, 3.05) is 52.6 Å². The summed E-state index contributed by atoms with van der Waals surface area (Å²) in [4.78, 5) is 28.1. The number of aromatic carboxylic acids is 1. The number of carbonyl (C=O) groups is 2. The first-order valence-electron chi connectivity index (χ1n) is 15.5. The standard InChI is InChI=1S/C34H32F6N2O6S2/c35-33(36,37)25-17-23(18-26(20-25)34(38,39)40)22-4-7-28(48-15-11-41-9-13-46-14-10-41)24(16-22)19-29-30(43)42(32(49)50-29)8-1-12-47-27-5-2-21(3-6-27)31(44)45/h2-7,16-18,20,29H,1,8-15,19H2,(H,44,45). The first kappa shape index (κ1) is 37.4. The van der Waals surface area contributed by atoms with Crippen molar-refractivity contribution in [1.29, 1.82) is 0 Å². The molecule has 1 unspecified atom stereocenters. The quantitative estimate of drug-likeness (QED) is 0.113. The fraction of sp³-hybridized carbons (Fsp3) is 0.382. The molecule has 2 aliphatic heterocycles. The highest BCUT2D eigenvalue weighted by molar-refractivity contribution is 8.24. The van der Waals surface area contributed by atoms with Gasteiger partial charge in [0.1, 0.15) is 22.4 Å². The van der Waals surface area contributed by atoms with E-state index in [2.05, 4.69) is 4.90 Å². The van der Waals surface area contributed by atoms with Crippen LogP contribution in [0.4, 0.5) is 26.3 Å². The topological polar surface area (TPSA) is 88.5 Å². The van der Waals surface area contributed by atoms with E-state index in [4.69, 9.17) is 31.5 Å². The molecule has 2 fully saturated rings. The second-order valence-electron chi connectivity index (χ2n) is 11.5. The molecule has 1 atom stereocenters. The van der Waals surface area contributed by atoms with Gasteiger partial charge < -0.3 is 19.3 Å². The van der Waals surface area contributed by atoms with E-state index in [1.54, 1.807) is 0 Å². The van der Waals surface area contributed by atoms with Crippen LogP contribution in [0.3, 0.4) is 0 Å². The van der Waals surface area contributed by atoms with Crippen LogP contribution >= 0.6 is 24.0 Å². The third-order valence-corrected chi connectivity index (χ3v) is 9.64. The molecule has 268 valence electrons. The van der Waals surface area contributed by atoms with Crippen LogP contribution in [0, 0.1) is 0 Å². The van der Waals surface area contributed by atoms with Crippen molar-refractivity contribution in [2.24, 2.45) is 0 Å². The Hall–Kier alpha value is -3.86. The molecule has 5 rings (SSSR count). The Labute approximate surface area is 293 Å². The van der Waals surface area contributed by atoms with Gasteiger partial charge in [-0.1, -0.05) is 30.0 Å². The van der Waals surface area contributed by atoms with Crippen molar-refractivity contribution >= 4 is 40.2 Å². The molecule has 0 radical (unpaired) electrons. The molecule has 0 saturated carbocycles. The van der Waals surface area contributed by atoms with Gasteiger partial charge in [-0.05, 0) is 84.1 Å². The molecule has 0 bridgehead atoms. The van der Waals surface area contributed by atoms with E-state index in [-0.39, 0.29) is 54.8 Å². The molecule has 3 aromatic rings. The number of nitrogens with zero attached hydrogens (tertiary/aromatic N) is 2. The van der Waals surface area contributed by atoms with Gasteiger partial charge in [-0.15, -0.1) is 0 Å². The zero-order valence-electron chi connectivity index (χ0n) is 26.4. The summed E-state index contributed by atoms with van der Waals surface area (Å²) >= 11 is 6.62. The van der Waals surface area contributed by atoms with E-state index in [9.17, 15) is 35.9 Å². The van der Waals surface area contributed by atoms with Crippen LogP contribution in [0.1, 0.15) is 33.5 Å². The second kappa shape index (κ2) is 16.0. The number of morpholine rings is 1.